The summed E-state index contributed by atoms with van der Waals surface area (Å²) < 4.78 is 53.5. The summed E-state index contributed by atoms with van der Waals surface area (Å²) in [4.78, 5) is 23.6. The summed E-state index contributed by atoms with van der Waals surface area (Å²) >= 11 is 0. The molecule has 1 aromatic carbocycles. The lowest BCUT2D eigenvalue weighted by Gasteiger charge is -2.34. The second-order valence-electron chi connectivity index (χ2n) is 8.81. The topological polar surface area (TPSA) is 70.2 Å². The summed E-state index contributed by atoms with van der Waals surface area (Å²) in [6.45, 7) is 0.685. The van der Waals surface area contributed by atoms with E-state index in [0.29, 0.717) is 35.2 Å². The Morgan fingerprint density at radius 3 is 2.66 bits per heavy atom. The van der Waals surface area contributed by atoms with Crippen molar-refractivity contribution in [3.8, 4) is 11.3 Å². The molecule has 182 valence electrons. The van der Waals surface area contributed by atoms with E-state index >= 15 is 0 Å². The van der Waals surface area contributed by atoms with Crippen LogP contribution in [0, 0.1) is 11.7 Å². The largest absolute Gasteiger partial charge is 0.416 e. The van der Waals surface area contributed by atoms with Crippen molar-refractivity contribution in [3.05, 3.63) is 66.2 Å². The van der Waals surface area contributed by atoms with Crippen LogP contribution in [-0.2, 0) is 6.18 Å². The van der Waals surface area contributed by atoms with Crippen LogP contribution in [0.3, 0.4) is 0 Å². The summed E-state index contributed by atoms with van der Waals surface area (Å²) in [6, 6.07) is 8.87. The second kappa shape index (κ2) is 9.16. The number of benzene rings is 1. The number of nitrogens with one attached hydrogen (secondary N) is 2. The van der Waals surface area contributed by atoms with E-state index in [2.05, 4.69) is 20.6 Å². The van der Waals surface area contributed by atoms with Gasteiger partial charge in [0.05, 0.1) is 35.0 Å². The average molecular weight is 485 g/mol. The highest BCUT2D eigenvalue weighted by atomic mass is 19.4. The van der Waals surface area contributed by atoms with E-state index in [-0.39, 0.29) is 11.7 Å². The molecule has 1 aliphatic heterocycles. The molecule has 1 aliphatic carbocycles. The lowest BCUT2D eigenvalue weighted by atomic mass is 10.0. The Kier molecular flexibility index (Phi) is 6.04. The molecular formula is C25H23F4N5O. The van der Waals surface area contributed by atoms with Crippen molar-refractivity contribution in [2.45, 2.75) is 37.9 Å². The van der Waals surface area contributed by atoms with Gasteiger partial charge in [0.25, 0.3) is 0 Å². The molecule has 2 aromatic heterocycles. The molecule has 0 saturated heterocycles. The van der Waals surface area contributed by atoms with Crippen molar-refractivity contribution in [1.82, 2.24) is 9.97 Å². The number of aromatic nitrogens is 2. The normalized spacial score (nSPS) is 18.2. The minimum absolute atomic E-state index is 0.137. The Morgan fingerprint density at radius 2 is 1.91 bits per heavy atom. The number of carbonyl (C=O) groups is 1. The van der Waals surface area contributed by atoms with Gasteiger partial charge in [0, 0.05) is 24.2 Å². The minimum Gasteiger partial charge on any atom is -0.382 e. The quantitative estimate of drug-likeness (QED) is 0.426. The molecule has 6 nitrogen and oxygen atoms in total. The van der Waals surface area contributed by atoms with E-state index < -0.39 is 23.6 Å². The maximum Gasteiger partial charge on any atom is 0.416 e. The molecule has 3 aromatic rings. The molecule has 1 atom stereocenters. The van der Waals surface area contributed by atoms with Crippen LogP contribution in [0.1, 0.15) is 31.2 Å². The van der Waals surface area contributed by atoms with E-state index in [1.807, 2.05) is 0 Å². The maximum absolute atomic E-state index is 13.7. The van der Waals surface area contributed by atoms with Crippen molar-refractivity contribution >= 4 is 23.2 Å². The molecule has 5 rings (SSSR count). The third-order valence-electron chi connectivity index (χ3n) is 6.25. The van der Waals surface area contributed by atoms with Crippen molar-refractivity contribution in [3.63, 3.8) is 0 Å². The number of hydrogen-bond donors (Lipinski definition) is 2. The fourth-order valence-electron chi connectivity index (χ4n) is 4.44. The number of fused-ring (bicyclic) bond motifs is 1. The van der Waals surface area contributed by atoms with Gasteiger partial charge in [-0.25, -0.2) is 14.2 Å². The molecule has 2 aliphatic rings. The summed E-state index contributed by atoms with van der Waals surface area (Å²) in [7, 11) is 0. The van der Waals surface area contributed by atoms with Crippen LogP contribution in [-0.4, -0.2) is 28.6 Å². The van der Waals surface area contributed by atoms with Gasteiger partial charge in [-0.15, -0.1) is 0 Å². The molecule has 1 fully saturated rings. The number of rotatable bonds is 3. The predicted octanol–water partition coefficient (Wildman–Crippen LogP) is 6.32. The van der Waals surface area contributed by atoms with Crippen LogP contribution in [0.15, 0.2) is 54.9 Å². The predicted molar refractivity (Wildman–Crippen MR) is 125 cm³/mol. The number of hydrogen-bond acceptors (Lipinski definition) is 4. The van der Waals surface area contributed by atoms with E-state index in [1.54, 1.807) is 23.1 Å². The van der Waals surface area contributed by atoms with Gasteiger partial charge >= 0.3 is 12.2 Å². The Bertz CT molecular complexity index is 1240. The fraction of sp³-hybridized carbons (Fsp3) is 0.320. The van der Waals surface area contributed by atoms with Crippen LogP contribution >= 0.6 is 0 Å². The lowest BCUT2D eigenvalue weighted by Crippen LogP contribution is -2.46. The van der Waals surface area contributed by atoms with E-state index in [0.717, 1.165) is 44.0 Å². The Morgan fingerprint density at radius 1 is 1.09 bits per heavy atom. The Labute approximate surface area is 199 Å². The zero-order valence-electron chi connectivity index (χ0n) is 18.6. The number of amides is 2. The van der Waals surface area contributed by atoms with Gasteiger partial charge < -0.3 is 10.6 Å². The van der Waals surface area contributed by atoms with E-state index in [1.165, 1.54) is 18.3 Å². The van der Waals surface area contributed by atoms with Gasteiger partial charge in [0.1, 0.15) is 5.82 Å². The van der Waals surface area contributed by atoms with Gasteiger partial charge in [-0.3, -0.25) is 9.88 Å². The molecule has 0 bridgehead atoms. The molecule has 0 radical (unpaired) electrons. The van der Waals surface area contributed by atoms with Crippen LogP contribution < -0.4 is 15.5 Å². The van der Waals surface area contributed by atoms with Gasteiger partial charge in [0.15, 0.2) is 5.82 Å². The number of urea groups is 1. The number of anilines is 3. The first-order chi connectivity index (χ1) is 16.8. The fourth-order valence-corrected chi connectivity index (χ4v) is 4.44. The highest BCUT2D eigenvalue weighted by molar-refractivity contribution is 6.03. The number of pyridine rings is 2. The van der Waals surface area contributed by atoms with Gasteiger partial charge in [0.2, 0.25) is 0 Å². The molecule has 1 saturated carbocycles. The van der Waals surface area contributed by atoms with Gasteiger partial charge in [-0.2, -0.15) is 13.2 Å². The van der Waals surface area contributed by atoms with E-state index in [9.17, 15) is 22.4 Å². The maximum atomic E-state index is 13.7. The average Bonchev–Trinajstić information content (AvgIpc) is 3.64. The minimum atomic E-state index is -4.48. The highest BCUT2D eigenvalue weighted by Gasteiger charge is 2.40. The molecule has 0 unspecified atom stereocenters. The molecule has 10 heteroatoms. The zero-order valence-corrected chi connectivity index (χ0v) is 18.6. The van der Waals surface area contributed by atoms with Crippen molar-refractivity contribution in [2.75, 3.05) is 22.1 Å². The summed E-state index contributed by atoms with van der Waals surface area (Å²) in [5.74, 6) is 0.0518. The third-order valence-corrected chi connectivity index (χ3v) is 6.25. The first-order valence-electron chi connectivity index (χ1n) is 11.4. The standard InChI is InChI=1S/C25H23F4N5O/c26-18-12-19(14-30-13-18)32-24(35)34-22(15-6-7-15)5-2-10-31-21-9-8-20(33-23(21)34)16-3-1-4-17(11-16)25(27,28)29/h1,3-4,8-9,11-15,22,31H,2,5-7,10H2,(H,32,35)/t22-/m1/s1. The number of nitrogens with zero attached hydrogens (tertiary/aromatic N) is 3. The summed E-state index contributed by atoms with van der Waals surface area (Å²) in [5, 5.41) is 5.99. The third kappa shape index (κ3) is 5.06. The number of halogens is 4. The zero-order chi connectivity index (χ0) is 24.6. The van der Waals surface area contributed by atoms with Crippen LogP contribution in [0.2, 0.25) is 0 Å². The highest BCUT2D eigenvalue weighted by Crippen LogP contribution is 2.42. The molecule has 2 N–H and O–H groups in total. The summed E-state index contributed by atoms with van der Waals surface area (Å²) in [5.41, 5.74) is 0.652. The first-order valence-corrected chi connectivity index (χ1v) is 11.4. The Balaban J connectivity index is 1.57. The molecule has 0 spiro atoms. The van der Waals surface area contributed by atoms with Crippen LogP contribution in [0.5, 0.6) is 0 Å². The lowest BCUT2D eigenvalue weighted by molar-refractivity contribution is -0.137. The smallest absolute Gasteiger partial charge is 0.382 e. The van der Waals surface area contributed by atoms with Crippen molar-refractivity contribution in [1.29, 1.82) is 0 Å². The molecule has 35 heavy (non-hydrogen) atoms. The van der Waals surface area contributed by atoms with Crippen molar-refractivity contribution in [2.24, 2.45) is 5.92 Å². The van der Waals surface area contributed by atoms with Crippen LogP contribution in [0.4, 0.5) is 39.5 Å². The molecule has 2 amide bonds. The molecular weight excluding hydrogens is 462 g/mol. The van der Waals surface area contributed by atoms with Gasteiger partial charge in [-0.1, -0.05) is 12.1 Å². The van der Waals surface area contributed by atoms with Crippen LogP contribution in [0.25, 0.3) is 11.3 Å². The molecule has 3 heterocycles. The monoisotopic (exact) mass is 485 g/mol. The SMILES string of the molecule is O=C(Nc1cncc(F)c1)N1c2nc(-c3cccc(C(F)(F)F)c3)ccc2NCCC[C@@H]1C1CC1. The Hall–Kier alpha value is -3.69. The first kappa shape index (κ1) is 23.1. The number of alkyl halides is 3. The van der Waals surface area contributed by atoms with Gasteiger partial charge in [-0.05, 0) is 55.9 Å². The summed E-state index contributed by atoms with van der Waals surface area (Å²) in [6.07, 6.45) is 1.44. The van der Waals surface area contributed by atoms with E-state index in [4.69, 9.17) is 0 Å². The van der Waals surface area contributed by atoms with Crippen molar-refractivity contribution < 1.29 is 22.4 Å². The second-order valence-corrected chi connectivity index (χ2v) is 8.81. The number of carbonyl (C=O) groups excluding carboxylic acids is 1.